The number of rotatable bonds is 12. The molecule has 0 aliphatic heterocycles. The summed E-state index contributed by atoms with van der Waals surface area (Å²) in [4.78, 5) is 24.0. The average Bonchev–Trinajstić information content (AvgIpc) is 2.99. The molecule has 1 unspecified atom stereocenters. The van der Waals surface area contributed by atoms with Crippen LogP contribution in [-0.4, -0.2) is 33.5 Å². The fourth-order valence-electron chi connectivity index (χ4n) is 3.73. The second-order valence-corrected chi connectivity index (χ2v) is 15.8. The summed E-state index contributed by atoms with van der Waals surface area (Å²) in [6.07, 6.45) is 7.51. The topological polar surface area (TPSA) is 61.8 Å². The number of ether oxygens (including phenoxy) is 2. The van der Waals surface area contributed by atoms with E-state index in [9.17, 15) is 9.59 Å². The van der Waals surface area contributed by atoms with Crippen LogP contribution in [0.1, 0.15) is 79.6 Å². The predicted molar refractivity (Wildman–Crippen MR) is 141 cm³/mol. The minimum absolute atomic E-state index is 0.00433. The minimum atomic E-state index is -1.98. The lowest BCUT2D eigenvalue weighted by Crippen LogP contribution is -2.45. The van der Waals surface area contributed by atoms with Gasteiger partial charge in [0.15, 0.2) is 8.32 Å². The fourth-order valence-corrected chi connectivity index (χ4v) is 5.52. The smallest absolute Gasteiger partial charge is 0.310 e. The highest BCUT2D eigenvalue weighted by molar-refractivity contribution is 14.1. The summed E-state index contributed by atoms with van der Waals surface area (Å²) in [6, 6.07) is 0. The highest BCUT2D eigenvalue weighted by Gasteiger charge is 2.44. The van der Waals surface area contributed by atoms with E-state index in [0.717, 1.165) is 37.9 Å². The lowest BCUT2D eigenvalue weighted by atomic mass is 9.94. The molecule has 0 bridgehead atoms. The predicted octanol–water partition coefficient (Wildman–Crippen LogP) is 7.31. The van der Waals surface area contributed by atoms with Crippen molar-refractivity contribution < 1.29 is 23.5 Å². The maximum Gasteiger partial charge on any atom is 0.310 e. The maximum atomic E-state index is 12.3. The Morgan fingerprint density at radius 2 is 1.91 bits per heavy atom. The molecule has 0 N–H and O–H groups in total. The number of hydrogen-bond donors (Lipinski definition) is 0. The Bertz CT molecular complexity index is 693. The van der Waals surface area contributed by atoms with Crippen LogP contribution in [0, 0.1) is 11.8 Å². The highest BCUT2D eigenvalue weighted by Crippen LogP contribution is 2.44. The van der Waals surface area contributed by atoms with Gasteiger partial charge in [-0.3, -0.25) is 9.59 Å². The molecule has 184 valence electrons. The minimum Gasteiger partial charge on any atom is -0.469 e. The van der Waals surface area contributed by atoms with Gasteiger partial charge >= 0.3 is 11.9 Å². The molecule has 0 spiro atoms. The molecule has 1 aliphatic carbocycles. The van der Waals surface area contributed by atoms with Crippen molar-refractivity contribution in [3.63, 3.8) is 0 Å². The largest absolute Gasteiger partial charge is 0.469 e. The van der Waals surface area contributed by atoms with E-state index < -0.39 is 8.32 Å². The van der Waals surface area contributed by atoms with Crippen LogP contribution in [0.15, 0.2) is 21.5 Å². The zero-order valence-electron chi connectivity index (χ0n) is 21.3. The molecule has 0 radical (unpaired) electrons. The van der Waals surface area contributed by atoms with Crippen molar-refractivity contribution in [2.75, 3.05) is 7.11 Å². The normalized spacial score (nSPS) is 20.7. The second kappa shape index (κ2) is 13.3. The number of carbonyl (C=O) groups excluding carboxylic acids is 2. The average molecular weight is 579 g/mol. The molecule has 0 amide bonds. The first-order valence-corrected chi connectivity index (χ1v) is 16.0. The number of esters is 2. The molecule has 0 aromatic rings. The van der Waals surface area contributed by atoms with Gasteiger partial charge in [0, 0.05) is 18.8 Å². The van der Waals surface area contributed by atoms with E-state index in [-0.39, 0.29) is 34.9 Å². The third kappa shape index (κ3) is 8.59. The molecule has 1 aliphatic rings. The number of hydrogen-bond acceptors (Lipinski definition) is 5. The quantitative estimate of drug-likeness (QED) is 0.105. The third-order valence-electron chi connectivity index (χ3n) is 6.71. The van der Waals surface area contributed by atoms with Crippen LogP contribution in [0.3, 0.4) is 0 Å². The van der Waals surface area contributed by atoms with E-state index in [1.165, 1.54) is 12.7 Å². The number of methoxy groups -OCH3 is 1. The molecule has 0 heterocycles. The van der Waals surface area contributed by atoms with Crippen molar-refractivity contribution in [1.82, 2.24) is 0 Å². The molecule has 1 rings (SSSR count). The first-order valence-electron chi connectivity index (χ1n) is 11.8. The molecule has 0 aromatic carbocycles. The van der Waals surface area contributed by atoms with E-state index in [1.807, 2.05) is 17.9 Å². The molecular formula is C25H43IO5Si. The van der Waals surface area contributed by atoms with Gasteiger partial charge in [-0.15, -0.1) is 0 Å². The molecule has 7 heteroatoms. The van der Waals surface area contributed by atoms with Crippen molar-refractivity contribution in [3.8, 4) is 0 Å². The van der Waals surface area contributed by atoms with E-state index >= 15 is 0 Å². The van der Waals surface area contributed by atoms with Crippen LogP contribution in [-0.2, 0) is 23.5 Å². The molecule has 3 atom stereocenters. The molecule has 32 heavy (non-hydrogen) atoms. The summed E-state index contributed by atoms with van der Waals surface area (Å²) in [5.74, 6) is 0.493. The molecule has 0 aromatic heterocycles. The summed E-state index contributed by atoms with van der Waals surface area (Å²) in [7, 11) is -0.547. The van der Waals surface area contributed by atoms with E-state index in [2.05, 4.69) is 62.5 Å². The van der Waals surface area contributed by atoms with Crippen LogP contribution in [0.4, 0.5) is 0 Å². The Labute approximate surface area is 210 Å². The summed E-state index contributed by atoms with van der Waals surface area (Å²) < 4.78 is 19.6. The lowest BCUT2D eigenvalue weighted by molar-refractivity contribution is -0.145. The fraction of sp³-hybridized carbons (Fsp3) is 0.760. The van der Waals surface area contributed by atoms with Crippen molar-refractivity contribution in [3.05, 3.63) is 21.5 Å². The zero-order chi connectivity index (χ0) is 24.5. The van der Waals surface area contributed by atoms with Crippen LogP contribution in [0.25, 0.3) is 0 Å². The summed E-state index contributed by atoms with van der Waals surface area (Å²) >= 11 is 2.26. The summed E-state index contributed by atoms with van der Waals surface area (Å²) in [6.45, 7) is 15.2. The van der Waals surface area contributed by atoms with Crippen molar-refractivity contribution in [2.24, 2.45) is 11.8 Å². The standard InChI is InChI=1S/C25H43IO5Si/c1-9-12-23(27)30-21-17-22(31-32(7,8)25(3,4)5)20(15-16-26)19(21)14-11-10-13-18(2)24(28)29-6/h15-16,18,20,22H,9-14,17H2,1-8H3/t18?,20-,22+/m0/s1. The van der Waals surface area contributed by atoms with Crippen LogP contribution < -0.4 is 0 Å². The molecule has 0 saturated carbocycles. The highest BCUT2D eigenvalue weighted by atomic mass is 127. The first-order chi connectivity index (χ1) is 14.9. The Morgan fingerprint density at radius 1 is 1.25 bits per heavy atom. The van der Waals surface area contributed by atoms with Crippen LogP contribution in [0.5, 0.6) is 0 Å². The second-order valence-electron chi connectivity index (χ2n) is 10.3. The van der Waals surface area contributed by atoms with Gasteiger partial charge in [-0.2, -0.15) is 0 Å². The third-order valence-corrected chi connectivity index (χ3v) is 11.6. The first kappa shape index (κ1) is 29.4. The van der Waals surface area contributed by atoms with Gasteiger partial charge in [0.2, 0.25) is 0 Å². The van der Waals surface area contributed by atoms with Gasteiger partial charge in [0.25, 0.3) is 0 Å². The SMILES string of the molecule is CCCC(=O)OC1=C(CCCCC(C)C(=O)OC)[C@H](C=CI)[C@H](O[Si](C)(C)C(C)(C)C)C1. The lowest BCUT2D eigenvalue weighted by Gasteiger charge is -2.39. The zero-order valence-corrected chi connectivity index (χ0v) is 24.4. The number of carbonyl (C=O) groups is 2. The van der Waals surface area contributed by atoms with Crippen LogP contribution in [0.2, 0.25) is 18.1 Å². The van der Waals surface area contributed by atoms with E-state index in [4.69, 9.17) is 13.9 Å². The molecule has 0 saturated heterocycles. The van der Waals surface area contributed by atoms with E-state index in [0.29, 0.717) is 12.8 Å². The number of halogens is 1. The van der Waals surface area contributed by atoms with Gasteiger partial charge in [-0.05, 0) is 53.5 Å². The maximum absolute atomic E-state index is 12.3. The van der Waals surface area contributed by atoms with Crippen molar-refractivity contribution in [1.29, 1.82) is 0 Å². The van der Waals surface area contributed by atoms with E-state index in [1.54, 1.807) is 0 Å². The van der Waals surface area contributed by atoms with Gasteiger partial charge in [0.05, 0.1) is 19.1 Å². The molecule has 5 nitrogen and oxygen atoms in total. The Morgan fingerprint density at radius 3 is 2.44 bits per heavy atom. The Balaban J connectivity index is 3.03. The van der Waals surface area contributed by atoms with Crippen LogP contribution >= 0.6 is 22.6 Å². The summed E-state index contributed by atoms with van der Waals surface area (Å²) in [5, 5.41) is 0.109. The van der Waals surface area contributed by atoms with Crippen molar-refractivity contribution in [2.45, 2.75) is 104 Å². The van der Waals surface area contributed by atoms with Gasteiger partial charge in [0.1, 0.15) is 5.76 Å². The Hall–Kier alpha value is -0.673. The van der Waals surface area contributed by atoms with Gasteiger partial charge in [-0.25, -0.2) is 0 Å². The van der Waals surface area contributed by atoms with Gasteiger partial charge in [-0.1, -0.05) is 69.7 Å². The monoisotopic (exact) mass is 578 g/mol. The number of unbranched alkanes of at least 4 members (excludes halogenated alkanes) is 1. The van der Waals surface area contributed by atoms with Crippen molar-refractivity contribution >= 4 is 42.8 Å². The molecule has 0 fully saturated rings. The molecular weight excluding hydrogens is 535 g/mol. The Kier molecular flexibility index (Phi) is 12.2. The van der Waals surface area contributed by atoms with Gasteiger partial charge < -0.3 is 13.9 Å². The summed E-state index contributed by atoms with van der Waals surface area (Å²) in [5.41, 5.74) is 1.18.